The number of rotatable bonds is 9. The summed E-state index contributed by atoms with van der Waals surface area (Å²) >= 11 is 0. The molecule has 2 aliphatic rings. The van der Waals surface area contributed by atoms with E-state index in [1.165, 1.54) is 17.2 Å². The van der Waals surface area contributed by atoms with Crippen LogP contribution in [0.1, 0.15) is 81.0 Å². The van der Waals surface area contributed by atoms with Gasteiger partial charge in [-0.2, -0.15) is 0 Å². The van der Waals surface area contributed by atoms with Gasteiger partial charge in [-0.3, -0.25) is 4.79 Å². The minimum absolute atomic E-state index is 0.00924. The summed E-state index contributed by atoms with van der Waals surface area (Å²) in [6, 6.07) is 17.1. The van der Waals surface area contributed by atoms with E-state index >= 15 is 4.39 Å². The summed E-state index contributed by atoms with van der Waals surface area (Å²) in [6.07, 6.45) is 7.80. The quantitative estimate of drug-likeness (QED) is 0.293. The predicted octanol–water partition coefficient (Wildman–Crippen LogP) is 8.81. The Labute approximate surface area is 236 Å². The largest absolute Gasteiger partial charge is 0.497 e. The Morgan fingerprint density at radius 3 is 2.55 bits per heavy atom. The molecule has 0 saturated carbocycles. The highest BCUT2D eigenvalue weighted by molar-refractivity contribution is 5.85. The number of methoxy groups -OCH3 is 1. The molecular formula is C35H39FO4. The van der Waals surface area contributed by atoms with Crippen molar-refractivity contribution in [2.24, 2.45) is 11.3 Å². The van der Waals surface area contributed by atoms with Crippen molar-refractivity contribution in [1.29, 1.82) is 0 Å². The number of carboxylic acids is 1. The molecule has 0 saturated heterocycles. The van der Waals surface area contributed by atoms with Gasteiger partial charge in [-0.05, 0) is 120 Å². The lowest BCUT2D eigenvalue weighted by atomic mass is 9.75. The maximum absolute atomic E-state index is 15.1. The van der Waals surface area contributed by atoms with Crippen LogP contribution in [0.2, 0.25) is 0 Å². The summed E-state index contributed by atoms with van der Waals surface area (Å²) in [7, 11) is 1.59. The van der Waals surface area contributed by atoms with Crippen molar-refractivity contribution in [3.8, 4) is 22.6 Å². The molecule has 3 aromatic carbocycles. The van der Waals surface area contributed by atoms with E-state index in [4.69, 9.17) is 9.47 Å². The molecule has 210 valence electrons. The molecule has 2 unspecified atom stereocenters. The fourth-order valence-electron chi connectivity index (χ4n) is 6.56. The van der Waals surface area contributed by atoms with Crippen LogP contribution in [0.3, 0.4) is 0 Å². The summed E-state index contributed by atoms with van der Waals surface area (Å²) in [6.45, 7) is 6.80. The Morgan fingerprint density at radius 1 is 1.05 bits per heavy atom. The molecule has 1 N–H and O–H groups in total. The van der Waals surface area contributed by atoms with Crippen LogP contribution in [0.25, 0.3) is 16.7 Å². The summed E-state index contributed by atoms with van der Waals surface area (Å²) in [5, 5.41) is 9.81. The Hall–Kier alpha value is -3.60. The third-order valence-electron chi connectivity index (χ3n) is 8.81. The van der Waals surface area contributed by atoms with Gasteiger partial charge in [-0.25, -0.2) is 4.39 Å². The number of carbonyl (C=O) groups is 1. The zero-order valence-electron chi connectivity index (χ0n) is 23.9. The molecule has 0 radical (unpaired) electrons. The number of aryl methyl sites for hydroxylation is 1. The van der Waals surface area contributed by atoms with Crippen LogP contribution in [-0.2, 0) is 17.8 Å². The van der Waals surface area contributed by atoms with Crippen LogP contribution in [-0.4, -0.2) is 18.2 Å². The van der Waals surface area contributed by atoms with Gasteiger partial charge in [-0.15, -0.1) is 0 Å². The van der Waals surface area contributed by atoms with Crippen LogP contribution < -0.4 is 9.47 Å². The first-order valence-electron chi connectivity index (χ1n) is 14.4. The van der Waals surface area contributed by atoms with E-state index in [1.54, 1.807) is 19.2 Å². The molecule has 0 heterocycles. The van der Waals surface area contributed by atoms with E-state index in [2.05, 4.69) is 32.1 Å². The highest BCUT2D eigenvalue weighted by Gasteiger charge is 2.32. The SMILES string of the molecule is CCC(C(=O)O)C1CCCc2ccc(OCc3ccc(-c4cc(OC)ccc4F)c(C4=CCCC4(C)C)c3)cc21. The topological polar surface area (TPSA) is 55.8 Å². The lowest BCUT2D eigenvalue weighted by molar-refractivity contribution is -0.142. The molecule has 0 aromatic heterocycles. The van der Waals surface area contributed by atoms with Gasteiger partial charge in [0.25, 0.3) is 0 Å². The van der Waals surface area contributed by atoms with Crippen molar-refractivity contribution < 1.29 is 23.8 Å². The maximum Gasteiger partial charge on any atom is 0.307 e. The summed E-state index contributed by atoms with van der Waals surface area (Å²) in [5.74, 6) is -0.0164. The van der Waals surface area contributed by atoms with Crippen molar-refractivity contribution in [2.45, 2.75) is 71.8 Å². The highest BCUT2D eigenvalue weighted by Crippen LogP contribution is 2.47. The predicted molar refractivity (Wildman–Crippen MR) is 157 cm³/mol. The van der Waals surface area contributed by atoms with E-state index in [0.717, 1.165) is 60.1 Å². The van der Waals surface area contributed by atoms with E-state index in [-0.39, 0.29) is 23.1 Å². The third kappa shape index (κ3) is 5.52. The van der Waals surface area contributed by atoms with Crippen molar-refractivity contribution in [3.63, 3.8) is 0 Å². The second kappa shape index (κ2) is 11.5. The van der Waals surface area contributed by atoms with Gasteiger partial charge < -0.3 is 14.6 Å². The van der Waals surface area contributed by atoms with Crippen LogP contribution in [0.5, 0.6) is 11.5 Å². The zero-order valence-corrected chi connectivity index (χ0v) is 23.9. The second-order valence-electron chi connectivity index (χ2n) is 11.8. The number of carboxylic acid groups (broad SMARTS) is 1. The molecule has 2 atom stereocenters. The molecule has 5 heteroatoms. The molecular weight excluding hydrogens is 503 g/mol. The first-order valence-corrected chi connectivity index (χ1v) is 14.4. The average molecular weight is 543 g/mol. The fourth-order valence-corrected chi connectivity index (χ4v) is 6.56. The molecule has 4 nitrogen and oxygen atoms in total. The van der Waals surface area contributed by atoms with E-state index < -0.39 is 5.97 Å². The zero-order chi connectivity index (χ0) is 28.4. The number of hydrogen-bond donors (Lipinski definition) is 1. The minimum Gasteiger partial charge on any atom is -0.497 e. The van der Waals surface area contributed by atoms with Gasteiger partial charge in [0.05, 0.1) is 13.0 Å². The highest BCUT2D eigenvalue weighted by atomic mass is 19.1. The minimum atomic E-state index is -0.726. The summed E-state index contributed by atoms with van der Waals surface area (Å²) in [4.78, 5) is 11.9. The number of halogens is 1. The van der Waals surface area contributed by atoms with Crippen molar-refractivity contribution in [3.05, 3.63) is 88.7 Å². The normalized spacial score (nSPS) is 18.5. The van der Waals surface area contributed by atoms with Gasteiger partial charge >= 0.3 is 5.97 Å². The van der Waals surface area contributed by atoms with Crippen LogP contribution in [0, 0.1) is 17.2 Å². The van der Waals surface area contributed by atoms with Gasteiger partial charge in [0.1, 0.15) is 23.9 Å². The number of allylic oxidation sites excluding steroid dienone is 2. The van der Waals surface area contributed by atoms with E-state index in [1.807, 2.05) is 31.2 Å². The lowest BCUT2D eigenvalue weighted by Crippen LogP contribution is -2.24. The van der Waals surface area contributed by atoms with Gasteiger partial charge in [0.2, 0.25) is 0 Å². The molecule has 0 spiro atoms. The molecule has 40 heavy (non-hydrogen) atoms. The summed E-state index contributed by atoms with van der Waals surface area (Å²) < 4.78 is 26.8. The second-order valence-corrected chi connectivity index (χ2v) is 11.8. The van der Waals surface area contributed by atoms with Crippen molar-refractivity contribution in [2.75, 3.05) is 7.11 Å². The first kappa shape index (κ1) is 27.9. The molecule has 0 fully saturated rings. The molecule has 2 aliphatic carbocycles. The third-order valence-corrected chi connectivity index (χ3v) is 8.81. The fraction of sp³-hybridized carbons (Fsp3) is 0.400. The smallest absolute Gasteiger partial charge is 0.307 e. The molecule has 0 amide bonds. The molecule has 5 rings (SSSR count). The van der Waals surface area contributed by atoms with Crippen LogP contribution in [0.15, 0.2) is 60.7 Å². The number of benzene rings is 3. The van der Waals surface area contributed by atoms with Crippen LogP contribution >= 0.6 is 0 Å². The Kier molecular flexibility index (Phi) is 8.02. The Balaban J connectivity index is 1.46. The van der Waals surface area contributed by atoms with Crippen LogP contribution in [0.4, 0.5) is 4.39 Å². The first-order chi connectivity index (χ1) is 19.2. The molecule has 0 aliphatic heterocycles. The standard InChI is InChI=1S/C35H39FO4/c1-5-26(34(37)38)27-9-6-8-23-12-13-25(20-29(23)27)40-21-22-11-15-28(31-19-24(39-4)14-16-33(31)36)30(18-22)32-10-7-17-35(32,2)3/h10-16,18-20,26-27H,5-9,17,21H2,1-4H3,(H,37,38). The van der Waals surface area contributed by atoms with Gasteiger partial charge in [-0.1, -0.05) is 45.0 Å². The lowest BCUT2D eigenvalue weighted by Gasteiger charge is -2.30. The Morgan fingerprint density at radius 2 is 1.85 bits per heavy atom. The average Bonchev–Trinajstić information content (AvgIpc) is 3.31. The van der Waals surface area contributed by atoms with Gasteiger partial charge in [0.15, 0.2) is 0 Å². The van der Waals surface area contributed by atoms with E-state index in [9.17, 15) is 9.90 Å². The Bertz CT molecular complexity index is 1440. The maximum atomic E-state index is 15.1. The van der Waals surface area contributed by atoms with Gasteiger partial charge in [0, 0.05) is 5.56 Å². The number of hydrogen-bond acceptors (Lipinski definition) is 3. The number of aliphatic carboxylic acids is 1. The van der Waals surface area contributed by atoms with Crippen molar-refractivity contribution >= 4 is 11.5 Å². The molecule has 0 bridgehead atoms. The summed E-state index contributed by atoms with van der Waals surface area (Å²) in [5.41, 5.74) is 6.93. The monoisotopic (exact) mass is 542 g/mol. The number of fused-ring (bicyclic) bond motifs is 1. The molecule has 3 aromatic rings. The van der Waals surface area contributed by atoms with Crippen molar-refractivity contribution in [1.82, 2.24) is 0 Å². The number of ether oxygens (including phenoxy) is 2. The van der Waals surface area contributed by atoms with E-state index in [0.29, 0.717) is 24.3 Å².